The van der Waals surface area contributed by atoms with Gasteiger partial charge in [0.15, 0.2) is 0 Å². The summed E-state index contributed by atoms with van der Waals surface area (Å²) in [4.78, 5) is 16.2. The van der Waals surface area contributed by atoms with Crippen LogP contribution in [0.1, 0.15) is 46.5 Å². The van der Waals surface area contributed by atoms with Gasteiger partial charge in [0, 0.05) is 32.6 Å². The summed E-state index contributed by atoms with van der Waals surface area (Å²) in [6.45, 7) is 11.0. The summed E-state index contributed by atoms with van der Waals surface area (Å²) < 4.78 is 5.83. The van der Waals surface area contributed by atoms with E-state index < -0.39 is 0 Å². The molecule has 1 saturated heterocycles. The number of amides is 1. The maximum atomic E-state index is 11.8. The van der Waals surface area contributed by atoms with Crippen molar-refractivity contribution in [3.8, 4) is 0 Å². The normalized spacial score (nSPS) is 20.4. The molecule has 0 aliphatic carbocycles. The summed E-state index contributed by atoms with van der Waals surface area (Å²) in [5.74, 6) is 0.304. The smallest absolute Gasteiger partial charge is 0.224 e. The van der Waals surface area contributed by atoms with E-state index in [1.165, 1.54) is 25.8 Å². The monoisotopic (exact) mass is 284 g/mol. The van der Waals surface area contributed by atoms with Crippen LogP contribution < -0.4 is 0 Å². The van der Waals surface area contributed by atoms with Crippen LogP contribution in [0.4, 0.5) is 0 Å². The van der Waals surface area contributed by atoms with Crippen molar-refractivity contribution in [3.05, 3.63) is 0 Å². The Kier molecular flexibility index (Phi) is 8.15. The maximum absolute atomic E-state index is 11.8. The van der Waals surface area contributed by atoms with E-state index in [1.807, 2.05) is 25.8 Å². The third-order valence-corrected chi connectivity index (χ3v) is 3.96. The Morgan fingerprint density at radius 1 is 1.40 bits per heavy atom. The van der Waals surface area contributed by atoms with Crippen LogP contribution in [0.5, 0.6) is 0 Å². The van der Waals surface area contributed by atoms with Crippen LogP contribution in [0.25, 0.3) is 0 Å². The molecule has 0 unspecified atom stereocenters. The maximum Gasteiger partial charge on any atom is 0.224 e. The number of rotatable bonds is 8. The number of carbonyl (C=O) groups is 1. The highest BCUT2D eigenvalue weighted by molar-refractivity contribution is 5.77. The van der Waals surface area contributed by atoms with Crippen molar-refractivity contribution in [1.82, 2.24) is 9.80 Å². The molecule has 0 saturated carbocycles. The van der Waals surface area contributed by atoms with E-state index in [-0.39, 0.29) is 17.9 Å². The molecule has 1 atom stereocenters. The van der Waals surface area contributed by atoms with Gasteiger partial charge in [0.2, 0.25) is 5.91 Å². The molecular weight excluding hydrogens is 252 g/mol. The Hall–Kier alpha value is -0.610. The van der Waals surface area contributed by atoms with E-state index in [0.717, 1.165) is 32.7 Å². The fraction of sp³-hybridized carbons (Fsp3) is 0.938. The SMILES string of the molecule is CCCCCN1CCO[C@@H](CCN(C)C(=O)C(C)C)C1. The number of hydrogen-bond acceptors (Lipinski definition) is 3. The first-order valence-corrected chi connectivity index (χ1v) is 8.13. The molecule has 1 amide bonds. The highest BCUT2D eigenvalue weighted by atomic mass is 16.5. The van der Waals surface area contributed by atoms with Crippen LogP contribution in [-0.2, 0) is 9.53 Å². The zero-order valence-electron chi connectivity index (χ0n) is 13.7. The molecule has 118 valence electrons. The number of hydrogen-bond donors (Lipinski definition) is 0. The second-order valence-electron chi connectivity index (χ2n) is 6.20. The number of carbonyl (C=O) groups excluding carboxylic acids is 1. The lowest BCUT2D eigenvalue weighted by atomic mass is 10.1. The Morgan fingerprint density at radius 3 is 2.80 bits per heavy atom. The molecule has 20 heavy (non-hydrogen) atoms. The van der Waals surface area contributed by atoms with Gasteiger partial charge in [-0.05, 0) is 19.4 Å². The first kappa shape index (κ1) is 17.4. The minimum absolute atomic E-state index is 0.0813. The minimum atomic E-state index is 0.0813. The van der Waals surface area contributed by atoms with E-state index in [1.54, 1.807) is 0 Å². The minimum Gasteiger partial charge on any atom is -0.375 e. The second kappa shape index (κ2) is 9.35. The Bertz CT molecular complexity index is 282. The molecular formula is C16H32N2O2. The van der Waals surface area contributed by atoms with Gasteiger partial charge in [0.05, 0.1) is 12.7 Å². The van der Waals surface area contributed by atoms with Gasteiger partial charge in [-0.15, -0.1) is 0 Å². The van der Waals surface area contributed by atoms with Gasteiger partial charge in [-0.2, -0.15) is 0 Å². The van der Waals surface area contributed by atoms with Crippen molar-refractivity contribution in [1.29, 1.82) is 0 Å². The van der Waals surface area contributed by atoms with Crippen molar-refractivity contribution in [2.45, 2.75) is 52.6 Å². The van der Waals surface area contributed by atoms with Crippen molar-refractivity contribution in [3.63, 3.8) is 0 Å². The number of morpholine rings is 1. The highest BCUT2D eigenvalue weighted by Gasteiger charge is 2.21. The van der Waals surface area contributed by atoms with Crippen LogP contribution in [0.3, 0.4) is 0 Å². The van der Waals surface area contributed by atoms with Crippen LogP contribution in [0.15, 0.2) is 0 Å². The van der Waals surface area contributed by atoms with E-state index in [9.17, 15) is 4.79 Å². The fourth-order valence-corrected chi connectivity index (χ4v) is 2.63. The van der Waals surface area contributed by atoms with E-state index >= 15 is 0 Å². The number of nitrogens with zero attached hydrogens (tertiary/aromatic N) is 2. The summed E-state index contributed by atoms with van der Waals surface area (Å²) in [5, 5.41) is 0. The van der Waals surface area contributed by atoms with Gasteiger partial charge >= 0.3 is 0 Å². The predicted molar refractivity (Wildman–Crippen MR) is 82.8 cm³/mol. The Labute approximate surface area is 124 Å². The molecule has 4 nitrogen and oxygen atoms in total. The summed E-state index contributed by atoms with van der Waals surface area (Å²) in [6.07, 6.45) is 5.10. The molecule has 0 aromatic carbocycles. The molecule has 4 heteroatoms. The first-order chi connectivity index (χ1) is 9.54. The first-order valence-electron chi connectivity index (χ1n) is 8.13. The third kappa shape index (κ3) is 6.23. The molecule has 0 spiro atoms. The zero-order chi connectivity index (χ0) is 15.0. The van der Waals surface area contributed by atoms with Crippen molar-refractivity contribution < 1.29 is 9.53 Å². The molecule has 1 fully saturated rings. The van der Waals surface area contributed by atoms with Gasteiger partial charge < -0.3 is 9.64 Å². The Morgan fingerprint density at radius 2 is 2.15 bits per heavy atom. The van der Waals surface area contributed by atoms with Crippen LogP contribution in [0.2, 0.25) is 0 Å². The standard InChI is InChI=1S/C16H32N2O2/c1-5-6-7-9-18-11-12-20-15(13-18)8-10-17(4)16(19)14(2)3/h14-15H,5-13H2,1-4H3/t15-/m0/s1. The van der Waals surface area contributed by atoms with Gasteiger partial charge in [0.25, 0.3) is 0 Å². The molecule has 0 N–H and O–H groups in total. The van der Waals surface area contributed by atoms with Gasteiger partial charge in [-0.25, -0.2) is 0 Å². The second-order valence-corrected chi connectivity index (χ2v) is 6.20. The van der Waals surface area contributed by atoms with Crippen molar-refractivity contribution in [2.24, 2.45) is 5.92 Å². The van der Waals surface area contributed by atoms with Crippen molar-refractivity contribution in [2.75, 3.05) is 39.8 Å². The molecule has 0 bridgehead atoms. The highest BCUT2D eigenvalue weighted by Crippen LogP contribution is 2.11. The lowest BCUT2D eigenvalue weighted by Crippen LogP contribution is -2.44. The summed E-state index contributed by atoms with van der Waals surface area (Å²) in [7, 11) is 1.89. The molecule has 1 heterocycles. The average molecular weight is 284 g/mol. The molecule has 1 rings (SSSR count). The third-order valence-electron chi connectivity index (χ3n) is 3.96. The van der Waals surface area contributed by atoms with Crippen LogP contribution in [-0.4, -0.2) is 61.6 Å². The number of ether oxygens (including phenoxy) is 1. The summed E-state index contributed by atoms with van der Waals surface area (Å²) in [5.41, 5.74) is 0. The number of unbranched alkanes of at least 4 members (excludes halogenated alkanes) is 2. The van der Waals surface area contributed by atoms with E-state index in [0.29, 0.717) is 0 Å². The van der Waals surface area contributed by atoms with E-state index in [4.69, 9.17) is 4.74 Å². The largest absolute Gasteiger partial charge is 0.375 e. The molecule has 0 aromatic heterocycles. The van der Waals surface area contributed by atoms with Gasteiger partial charge in [0.1, 0.15) is 0 Å². The van der Waals surface area contributed by atoms with E-state index in [2.05, 4.69) is 11.8 Å². The topological polar surface area (TPSA) is 32.8 Å². The molecule has 0 radical (unpaired) electrons. The lowest BCUT2D eigenvalue weighted by Gasteiger charge is -2.33. The van der Waals surface area contributed by atoms with Crippen molar-refractivity contribution >= 4 is 5.91 Å². The van der Waals surface area contributed by atoms with Crippen LogP contribution in [0, 0.1) is 5.92 Å². The fourth-order valence-electron chi connectivity index (χ4n) is 2.63. The zero-order valence-corrected chi connectivity index (χ0v) is 13.7. The summed E-state index contributed by atoms with van der Waals surface area (Å²) in [6, 6.07) is 0. The quantitative estimate of drug-likeness (QED) is 0.642. The average Bonchev–Trinajstić information content (AvgIpc) is 2.44. The van der Waals surface area contributed by atoms with Gasteiger partial charge in [-0.1, -0.05) is 33.6 Å². The lowest BCUT2D eigenvalue weighted by molar-refractivity contribution is -0.133. The Balaban J connectivity index is 2.24. The molecule has 1 aliphatic heterocycles. The molecule has 1 aliphatic rings. The van der Waals surface area contributed by atoms with Gasteiger partial charge in [-0.3, -0.25) is 9.69 Å². The summed E-state index contributed by atoms with van der Waals surface area (Å²) >= 11 is 0. The van der Waals surface area contributed by atoms with Crippen LogP contribution >= 0.6 is 0 Å². The predicted octanol–water partition coefficient (Wildman–Crippen LogP) is 2.38. The molecule has 0 aromatic rings.